The van der Waals surface area contributed by atoms with Gasteiger partial charge < -0.3 is 9.84 Å². The highest BCUT2D eigenvalue weighted by molar-refractivity contribution is 7.90. The van der Waals surface area contributed by atoms with Crippen LogP contribution in [0.1, 0.15) is 11.1 Å². The van der Waals surface area contributed by atoms with Crippen molar-refractivity contribution in [2.75, 3.05) is 25.0 Å². The van der Waals surface area contributed by atoms with Gasteiger partial charge in [-0.3, -0.25) is 4.72 Å². The van der Waals surface area contributed by atoms with Gasteiger partial charge in [0.15, 0.2) is 0 Å². The molecular formula is C13H18N2O5S. The second-order valence-corrected chi connectivity index (χ2v) is 5.74. The van der Waals surface area contributed by atoms with Crippen LogP contribution in [0.3, 0.4) is 0 Å². The molecule has 116 valence electrons. The molecule has 0 fully saturated rings. The van der Waals surface area contributed by atoms with Crippen molar-refractivity contribution < 1.29 is 23.1 Å². The van der Waals surface area contributed by atoms with Crippen LogP contribution in [0.25, 0.3) is 6.08 Å². The van der Waals surface area contributed by atoms with E-state index in [9.17, 15) is 13.2 Å². The maximum Gasteiger partial charge on any atom is 0.328 e. The number of hydrogen-bond donors (Lipinski definition) is 3. The number of carboxylic acid groups (broad SMARTS) is 1. The number of nitrogens with one attached hydrogen (secondary N) is 2. The van der Waals surface area contributed by atoms with Gasteiger partial charge >= 0.3 is 5.97 Å². The van der Waals surface area contributed by atoms with E-state index in [2.05, 4.69) is 9.44 Å². The molecule has 8 heteroatoms. The third kappa shape index (κ3) is 6.39. The van der Waals surface area contributed by atoms with Crippen molar-refractivity contribution in [1.29, 1.82) is 0 Å². The van der Waals surface area contributed by atoms with Gasteiger partial charge in [0.05, 0.1) is 12.3 Å². The van der Waals surface area contributed by atoms with E-state index in [-0.39, 0.29) is 13.2 Å². The fourth-order valence-corrected chi connectivity index (χ4v) is 2.41. The third-order valence-corrected chi connectivity index (χ3v) is 3.60. The highest BCUT2D eigenvalue weighted by atomic mass is 32.2. The first-order valence-corrected chi connectivity index (χ1v) is 7.60. The number of anilines is 1. The van der Waals surface area contributed by atoms with Gasteiger partial charge in [-0.05, 0) is 30.2 Å². The van der Waals surface area contributed by atoms with Crippen molar-refractivity contribution in [2.24, 2.45) is 0 Å². The molecule has 0 aliphatic rings. The van der Waals surface area contributed by atoms with E-state index in [1.165, 1.54) is 13.2 Å². The van der Waals surface area contributed by atoms with Crippen LogP contribution in [0.15, 0.2) is 24.3 Å². The Bertz CT molecular complexity index is 625. The molecule has 1 aromatic carbocycles. The first-order chi connectivity index (χ1) is 9.84. The number of carbonyl (C=O) groups is 1. The van der Waals surface area contributed by atoms with Crippen LogP contribution in [0.4, 0.5) is 5.69 Å². The Hall–Kier alpha value is -1.90. The molecule has 0 spiro atoms. The van der Waals surface area contributed by atoms with E-state index in [4.69, 9.17) is 9.84 Å². The lowest BCUT2D eigenvalue weighted by Gasteiger charge is -2.12. The Morgan fingerprint density at radius 3 is 2.76 bits per heavy atom. The topological polar surface area (TPSA) is 105 Å². The monoisotopic (exact) mass is 314 g/mol. The molecule has 1 aromatic rings. The van der Waals surface area contributed by atoms with E-state index in [0.717, 1.165) is 11.6 Å². The lowest BCUT2D eigenvalue weighted by molar-refractivity contribution is -0.131. The molecule has 0 saturated heterocycles. The number of rotatable bonds is 8. The number of ether oxygens (including phenoxy) is 1. The molecule has 0 saturated carbocycles. The summed E-state index contributed by atoms with van der Waals surface area (Å²) >= 11 is 0. The van der Waals surface area contributed by atoms with E-state index in [1.807, 2.05) is 0 Å². The number of carboxylic acids is 1. The lowest BCUT2D eigenvalue weighted by Crippen LogP contribution is -2.32. The van der Waals surface area contributed by atoms with Crippen LogP contribution < -0.4 is 9.44 Å². The average molecular weight is 314 g/mol. The molecule has 0 heterocycles. The minimum atomic E-state index is -3.70. The Morgan fingerprint density at radius 2 is 2.14 bits per heavy atom. The molecule has 3 N–H and O–H groups in total. The molecule has 1 rings (SSSR count). The number of hydrogen-bond acceptors (Lipinski definition) is 4. The van der Waals surface area contributed by atoms with Gasteiger partial charge in [0.25, 0.3) is 10.2 Å². The van der Waals surface area contributed by atoms with Crippen molar-refractivity contribution in [2.45, 2.75) is 6.92 Å². The SMILES string of the molecule is COCCNS(=O)(=O)Nc1cc(/C=C/C(=O)O)ccc1C. The Kier molecular flexibility index (Phi) is 6.35. The van der Waals surface area contributed by atoms with Crippen LogP contribution >= 0.6 is 0 Å². The molecule has 0 radical (unpaired) electrons. The summed E-state index contributed by atoms with van der Waals surface area (Å²) in [5, 5.41) is 8.59. The van der Waals surface area contributed by atoms with Gasteiger partial charge in [-0.1, -0.05) is 12.1 Å². The molecule has 0 amide bonds. The number of aliphatic carboxylic acids is 1. The highest BCUT2D eigenvalue weighted by Crippen LogP contribution is 2.18. The van der Waals surface area contributed by atoms with Crippen LogP contribution in [0.2, 0.25) is 0 Å². The van der Waals surface area contributed by atoms with Crippen molar-refractivity contribution in [3.8, 4) is 0 Å². The molecule has 0 bridgehead atoms. The standard InChI is InChI=1S/C13H18N2O5S/c1-10-3-4-11(5-6-13(16)17)9-12(10)15-21(18,19)14-7-8-20-2/h3-6,9,14-15H,7-8H2,1-2H3,(H,16,17)/b6-5+. The highest BCUT2D eigenvalue weighted by Gasteiger charge is 2.10. The molecule has 0 aromatic heterocycles. The summed E-state index contributed by atoms with van der Waals surface area (Å²) in [6.07, 6.45) is 2.37. The van der Waals surface area contributed by atoms with Gasteiger partial charge in [0, 0.05) is 19.7 Å². The lowest BCUT2D eigenvalue weighted by atomic mass is 10.1. The zero-order valence-electron chi connectivity index (χ0n) is 11.8. The molecule has 0 aliphatic heterocycles. The first-order valence-electron chi connectivity index (χ1n) is 6.12. The zero-order valence-corrected chi connectivity index (χ0v) is 12.6. The van der Waals surface area contributed by atoms with E-state index >= 15 is 0 Å². The average Bonchev–Trinajstić information content (AvgIpc) is 2.39. The van der Waals surface area contributed by atoms with E-state index in [0.29, 0.717) is 11.3 Å². The van der Waals surface area contributed by atoms with Crippen LogP contribution in [-0.2, 0) is 19.7 Å². The largest absolute Gasteiger partial charge is 0.478 e. The molecule has 7 nitrogen and oxygen atoms in total. The Morgan fingerprint density at radius 1 is 1.43 bits per heavy atom. The second-order valence-electron chi connectivity index (χ2n) is 4.24. The van der Waals surface area contributed by atoms with E-state index < -0.39 is 16.2 Å². The molecule has 0 unspecified atom stereocenters. The van der Waals surface area contributed by atoms with Gasteiger partial charge in [-0.15, -0.1) is 0 Å². The van der Waals surface area contributed by atoms with Crippen molar-refractivity contribution in [3.63, 3.8) is 0 Å². The summed E-state index contributed by atoms with van der Waals surface area (Å²) in [5.74, 6) is -1.07. The molecule has 0 atom stereocenters. The summed E-state index contributed by atoms with van der Waals surface area (Å²) in [6.45, 7) is 2.17. The second kappa shape index (κ2) is 7.77. The maximum atomic E-state index is 11.8. The van der Waals surface area contributed by atoms with Crippen LogP contribution in [0.5, 0.6) is 0 Å². The van der Waals surface area contributed by atoms with Crippen molar-refractivity contribution in [3.05, 3.63) is 35.4 Å². The molecule has 21 heavy (non-hydrogen) atoms. The van der Waals surface area contributed by atoms with Crippen molar-refractivity contribution >= 4 is 27.9 Å². The first kappa shape index (κ1) is 17.2. The van der Waals surface area contributed by atoms with Gasteiger partial charge in [-0.25, -0.2) is 4.79 Å². The number of aryl methyl sites for hydroxylation is 1. The summed E-state index contributed by atoms with van der Waals surface area (Å²) in [7, 11) is -2.22. The fraction of sp³-hybridized carbons (Fsp3) is 0.308. The van der Waals surface area contributed by atoms with Gasteiger partial charge in [0.2, 0.25) is 0 Å². The van der Waals surface area contributed by atoms with Gasteiger partial charge in [0.1, 0.15) is 0 Å². The predicted molar refractivity (Wildman–Crippen MR) is 80.3 cm³/mol. The third-order valence-electron chi connectivity index (χ3n) is 2.52. The Balaban J connectivity index is 2.87. The minimum Gasteiger partial charge on any atom is -0.478 e. The zero-order chi connectivity index (χ0) is 15.9. The summed E-state index contributed by atoms with van der Waals surface area (Å²) in [4.78, 5) is 10.5. The normalized spacial score (nSPS) is 11.7. The predicted octanol–water partition coefficient (Wildman–Crippen LogP) is 0.986. The maximum absolute atomic E-state index is 11.8. The molecular weight excluding hydrogens is 296 g/mol. The van der Waals surface area contributed by atoms with Crippen molar-refractivity contribution in [1.82, 2.24) is 4.72 Å². The minimum absolute atomic E-state index is 0.156. The number of methoxy groups -OCH3 is 1. The van der Waals surface area contributed by atoms with Crippen LogP contribution in [0, 0.1) is 6.92 Å². The van der Waals surface area contributed by atoms with Gasteiger partial charge in [-0.2, -0.15) is 13.1 Å². The smallest absolute Gasteiger partial charge is 0.328 e. The Labute approximate surface area is 123 Å². The fourth-order valence-electron chi connectivity index (χ4n) is 1.48. The number of benzene rings is 1. The summed E-state index contributed by atoms with van der Waals surface area (Å²) in [5.41, 5.74) is 1.68. The van der Waals surface area contributed by atoms with Crippen LogP contribution in [-0.4, -0.2) is 39.8 Å². The summed E-state index contributed by atoms with van der Waals surface area (Å²) in [6, 6.07) is 4.96. The molecule has 0 aliphatic carbocycles. The summed E-state index contributed by atoms with van der Waals surface area (Å²) < 4.78 is 33.1. The quantitative estimate of drug-likeness (QED) is 0.490. The van der Waals surface area contributed by atoms with E-state index in [1.54, 1.807) is 25.1 Å².